The summed E-state index contributed by atoms with van der Waals surface area (Å²) >= 11 is 0. The van der Waals surface area contributed by atoms with E-state index < -0.39 is 11.6 Å². The van der Waals surface area contributed by atoms with Gasteiger partial charge in [0.1, 0.15) is 0 Å². The van der Waals surface area contributed by atoms with E-state index in [-0.39, 0.29) is 0 Å². The summed E-state index contributed by atoms with van der Waals surface area (Å²) in [6, 6.07) is 11.4. The van der Waals surface area contributed by atoms with Crippen molar-refractivity contribution in [3.8, 4) is 11.3 Å². The van der Waals surface area contributed by atoms with Crippen LogP contribution in [-0.4, -0.2) is 34.6 Å². The standard InChI is InChI=1S/C17H17N4O2/c1-20(2)10-11-5-3-7-14-13(11)9-15(19-14)12-6-4-8-21(16(12)22)17(18)23/h3,5-9,19H,10H2,1-2H3,(H2,18,23). The van der Waals surface area contributed by atoms with E-state index in [0.29, 0.717) is 11.3 Å². The number of aromatic nitrogens is 2. The molecule has 0 unspecified atom stereocenters. The smallest absolute Gasteiger partial charge is 0.325 e. The van der Waals surface area contributed by atoms with Crippen molar-refractivity contribution in [3.63, 3.8) is 0 Å². The van der Waals surface area contributed by atoms with Crippen LogP contribution in [0.1, 0.15) is 5.56 Å². The molecule has 0 fully saturated rings. The molecule has 0 aliphatic heterocycles. The van der Waals surface area contributed by atoms with Gasteiger partial charge in [0.15, 0.2) is 0 Å². The Kier molecular flexibility index (Phi) is 3.75. The fourth-order valence-corrected chi connectivity index (χ4v) is 2.64. The van der Waals surface area contributed by atoms with Gasteiger partial charge in [-0.3, -0.25) is 4.79 Å². The van der Waals surface area contributed by atoms with E-state index in [4.69, 9.17) is 5.73 Å². The number of hydrogen-bond donors (Lipinski definition) is 2. The maximum atomic E-state index is 12.4. The van der Waals surface area contributed by atoms with Crippen LogP contribution in [0.15, 0.2) is 41.3 Å². The number of amides is 1. The predicted octanol–water partition coefficient (Wildman–Crippen LogP) is 1.79. The average Bonchev–Trinajstić information content (AvgIpc) is 2.91. The number of hydrogen-bond acceptors (Lipinski definition) is 3. The number of aromatic amines is 1. The third-order valence-electron chi connectivity index (χ3n) is 3.65. The minimum absolute atomic E-state index is 0.360. The zero-order valence-electron chi connectivity index (χ0n) is 13.0. The van der Waals surface area contributed by atoms with Crippen LogP contribution in [0, 0.1) is 6.07 Å². The molecule has 0 saturated heterocycles. The molecule has 1 radical (unpaired) electrons. The molecule has 0 aliphatic carbocycles. The van der Waals surface area contributed by atoms with Crippen molar-refractivity contribution in [1.29, 1.82) is 0 Å². The quantitative estimate of drug-likeness (QED) is 0.773. The molecule has 2 heterocycles. The molecule has 6 heteroatoms. The molecular formula is C17H17N4O2. The molecule has 2 aromatic heterocycles. The van der Waals surface area contributed by atoms with E-state index in [2.05, 4.69) is 22.0 Å². The Hall–Kier alpha value is -2.86. The highest BCUT2D eigenvalue weighted by Crippen LogP contribution is 2.25. The van der Waals surface area contributed by atoms with Crippen molar-refractivity contribution in [3.05, 3.63) is 58.5 Å². The molecule has 3 N–H and O–H groups in total. The van der Waals surface area contributed by atoms with Gasteiger partial charge < -0.3 is 15.6 Å². The molecular weight excluding hydrogens is 292 g/mol. The second-order valence-corrected chi connectivity index (χ2v) is 5.67. The molecule has 0 bridgehead atoms. The molecule has 0 saturated carbocycles. The molecule has 23 heavy (non-hydrogen) atoms. The van der Waals surface area contributed by atoms with Crippen molar-refractivity contribution < 1.29 is 4.79 Å². The zero-order valence-corrected chi connectivity index (χ0v) is 13.0. The van der Waals surface area contributed by atoms with Crippen molar-refractivity contribution in [2.75, 3.05) is 14.1 Å². The topological polar surface area (TPSA) is 84.1 Å². The van der Waals surface area contributed by atoms with E-state index >= 15 is 0 Å². The van der Waals surface area contributed by atoms with Gasteiger partial charge >= 0.3 is 6.03 Å². The van der Waals surface area contributed by atoms with Gasteiger partial charge in [-0.15, -0.1) is 0 Å². The Labute approximate surface area is 133 Å². The number of rotatable bonds is 3. The Balaban J connectivity index is 2.17. The first-order chi connectivity index (χ1) is 11.0. The van der Waals surface area contributed by atoms with Crippen LogP contribution in [0.4, 0.5) is 4.79 Å². The summed E-state index contributed by atoms with van der Waals surface area (Å²) < 4.78 is 0.849. The highest BCUT2D eigenvalue weighted by molar-refractivity contribution is 5.88. The Bertz CT molecular complexity index is 937. The lowest BCUT2D eigenvalue weighted by Crippen LogP contribution is -2.31. The fourth-order valence-electron chi connectivity index (χ4n) is 2.64. The van der Waals surface area contributed by atoms with Crippen molar-refractivity contribution in [1.82, 2.24) is 14.5 Å². The second-order valence-electron chi connectivity index (χ2n) is 5.67. The van der Waals surface area contributed by atoms with E-state index in [9.17, 15) is 9.59 Å². The van der Waals surface area contributed by atoms with Crippen LogP contribution in [0.5, 0.6) is 0 Å². The lowest BCUT2D eigenvalue weighted by atomic mass is 10.1. The number of H-pyrrole nitrogens is 1. The molecule has 3 aromatic rings. The van der Waals surface area contributed by atoms with Gasteiger partial charge in [-0.25, -0.2) is 9.36 Å². The van der Waals surface area contributed by atoms with Gasteiger partial charge in [0.05, 0.1) is 11.3 Å². The van der Waals surface area contributed by atoms with Gasteiger partial charge in [0, 0.05) is 29.7 Å². The number of pyridine rings is 1. The van der Waals surface area contributed by atoms with E-state index in [1.165, 1.54) is 6.20 Å². The highest BCUT2D eigenvalue weighted by Gasteiger charge is 2.13. The van der Waals surface area contributed by atoms with Gasteiger partial charge in [-0.05, 0) is 37.9 Å². The van der Waals surface area contributed by atoms with E-state index in [0.717, 1.165) is 27.6 Å². The third-order valence-corrected chi connectivity index (χ3v) is 3.65. The summed E-state index contributed by atoms with van der Waals surface area (Å²) in [5, 5.41) is 1.05. The summed E-state index contributed by atoms with van der Waals surface area (Å²) in [5.74, 6) is 0. The van der Waals surface area contributed by atoms with Crippen molar-refractivity contribution >= 4 is 16.9 Å². The molecule has 3 rings (SSSR count). The molecule has 1 aromatic carbocycles. The van der Waals surface area contributed by atoms with Crippen LogP contribution < -0.4 is 11.3 Å². The van der Waals surface area contributed by atoms with Crippen LogP contribution in [0.3, 0.4) is 0 Å². The SMILES string of the molecule is CN(C)Cc1cccc2[nH]c(-c3c[c]cn(C(N)=O)c3=O)cc12. The number of nitrogens with one attached hydrogen (secondary N) is 1. The van der Waals surface area contributed by atoms with Gasteiger partial charge in [0.2, 0.25) is 0 Å². The summed E-state index contributed by atoms with van der Waals surface area (Å²) in [5.41, 5.74) is 7.84. The molecule has 0 spiro atoms. The number of primary amides is 1. The molecule has 117 valence electrons. The predicted molar refractivity (Wildman–Crippen MR) is 89.2 cm³/mol. The first kappa shape index (κ1) is 15.1. The number of nitrogens with zero attached hydrogens (tertiary/aromatic N) is 2. The molecule has 6 nitrogen and oxygen atoms in total. The first-order valence-electron chi connectivity index (χ1n) is 7.15. The largest absolute Gasteiger partial charge is 0.354 e. The normalized spacial score (nSPS) is 11.3. The van der Waals surface area contributed by atoms with Crippen LogP contribution >= 0.6 is 0 Å². The van der Waals surface area contributed by atoms with Gasteiger partial charge in [-0.2, -0.15) is 0 Å². The third kappa shape index (κ3) is 2.76. The minimum Gasteiger partial charge on any atom is -0.354 e. The monoisotopic (exact) mass is 309 g/mol. The number of fused-ring (bicyclic) bond motifs is 1. The fraction of sp³-hybridized carbons (Fsp3) is 0.176. The summed E-state index contributed by atoms with van der Waals surface area (Å²) in [4.78, 5) is 29.0. The summed E-state index contributed by atoms with van der Waals surface area (Å²) in [7, 11) is 4.01. The second kappa shape index (κ2) is 5.73. The maximum absolute atomic E-state index is 12.4. The Morgan fingerprint density at radius 1 is 1.39 bits per heavy atom. The summed E-state index contributed by atoms with van der Waals surface area (Å²) in [6.07, 6.45) is 1.24. The number of carbonyl (C=O) groups excluding carboxylic acids is 1. The highest BCUT2D eigenvalue weighted by atomic mass is 16.2. The molecule has 0 aliphatic rings. The lowest BCUT2D eigenvalue weighted by Gasteiger charge is -2.10. The van der Waals surface area contributed by atoms with Crippen LogP contribution in [0.25, 0.3) is 22.2 Å². The van der Waals surface area contributed by atoms with E-state index in [1.807, 2.05) is 32.3 Å². The number of carbonyl (C=O) groups is 1. The van der Waals surface area contributed by atoms with Crippen molar-refractivity contribution in [2.24, 2.45) is 5.73 Å². The average molecular weight is 309 g/mol. The Morgan fingerprint density at radius 3 is 2.87 bits per heavy atom. The van der Waals surface area contributed by atoms with Crippen molar-refractivity contribution in [2.45, 2.75) is 6.54 Å². The molecule has 1 amide bonds. The maximum Gasteiger partial charge on any atom is 0.325 e. The number of nitrogens with two attached hydrogens (primary N) is 1. The van der Waals surface area contributed by atoms with Crippen LogP contribution in [-0.2, 0) is 6.54 Å². The lowest BCUT2D eigenvalue weighted by molar-refractivity contribution is 0.249. The Morgan fingerprint density at radius 2 is 2.17 bits per heavy atom. The van der Waals surface area contributed by atoms with Crippen LogP contribution in [0.2, 0.25) is 0 Å². The molecule has 0 atom stereocenters. The number of benzene rings is 1. The first-order valence-corrected chi connectivity index (χ1v) is 7.15. The van der Waals surface area contributed by atoms with E-state index in [1.54, 1.807) is 6.07 Å². The summed E-state index contributed by atoms with van der Waals surface area (Å²) in [6.45, 7) is 0.793. The zero-order chi connectivity index (χ0) is 16.6. The minimum atomic E-state index is -0.822. The van der Waals surface area contributed by atoms with Gasteiger partial charge in [0.25, 0.3) is 5.56 Å². The van der Waals surface area contributed by atoms with Gasteiger partial charge in [-0.1, -0.05) is 12.1 Å².